The maximum atomic E-state index is 12.9. The highest BCUT2D eigenvalue weighted by Crippen LogP contribution is 2.25. The zero-order valence-electron chi connectivity index (χ0n) is 14.3. The molecule has 3 rings (SSSR count). The second kappa shape index (κ2) is 7.35. The summed E-state index contributed by atoms with van der Waals surface area (Å²) in [4.78, 5) is 43.7. The standard InChI is InChI=1S/C19H19N3O4/c1-2-21(17(23)13-8-10-20-15(12-13)19(25)26)16-9-11-22(18(16)24)14-6-4-3-5-7-14/h3-8,10,12,16H,2,9,11H2,1H3,(H,25,26). The summed E-state index contributed by atoms with van der Waals surface area (Å²) in [5.41, 5.74) is 0.821. The molecule has 0 spiro atoms. The van der Waals surface area contributed by atoms with Crippen molar-refractivity contribution in [2.75, 3.05) is 18.0 Å². The van der Waals surface area contributed by atoms with E-state index in [1.54, 1.807) is 11.8 Å². The van der Waals surface area contributed by atoms with E-state index in [2.05, 4.69) is 4.98 Å². The largest absolute Gasteiger partial charge is 0.477 e. The van der Waals surface area contributed by atoms with E-state index in [0.29, 0.717) is 19.5 Å². The van der Waals surface area contributed by atoms with Crippen LogP contribution in [0.5, 0.6) is 0 Å². The predicted octanol–water partition coefficient (Wildman–Crippen LogP) is 2.05. The van der Waals surface area contributed by atoms with Gasteiger partial charge in [0.15, 0.2) is 0 Å². The average Bonchev–Trinajstić information content (AvgIpc) is 3.04. The Morgan fingerprint density at radius 3 is 2.65 bits per heavy atom. The van der Waals surface area contributed by atoms with Crippen LogP contribution in [-0.4, -0.2) is 51.9 Å². The number of hydrogen-bond acceptors (Lipinski definition) is 4. The monoisotopic (exact) mass is 353 g/mol. The SMILES string of the molecule is CCN(C(=O)c1ccnc(C(=O)O)c1)C1CCN(c2ccccc2)C1=O. The van der Waals surface area contributed by atoms with Crippen molar-refractivity contribution < 1.29 is 19.5 Å². The van der Waals surface area contributed by atoms with Gasteiger partial charge in [0.1, 0.15) is 11.7 Å². The predicted molar refractivity (Wildman–Crippen MR) is 95.1 cm³/mol. The van der Waals surface area contributed by atoms with E-state index in [9.17, 15) is 14.4 Å². The second-order valence-corrected chi connectivity index (χ2v) is 5.96. The molecule has 0 radical (unpaired) electrons. The van der Waals surface area contributed by atoms with Crippen molar-refractivity contribution in [1.29, 1.82) is 0 Å². The van der Waals surface area contributed by atoms with Crippen molar-refractivity contribution in [2.45, 2.75) is 19.4 Å². The number of para-hydroxylation sites is 1. The summed E-state index contributed by atoms with van der Waals surface area (Å²) in [6, 6.07) is 11.5. The zero-order valence-corrected chi connectivity index (χ0v) is 14.3. The van der Waals surface area contributed by atoms with Gasteiger partial charge in [-0.3, -0.25) is 9.59 Å². The molecule has 1 atom stereocenters. The Kier molecular flexibility index (Phi) is 4.97. The smallest absolute Gasteiger partial charge is 0.354 e. The Hall–Kier alpha value is -3.22. The Morgan fingerprint density at radius 1 is 1.27 bits per heavy atom. The number of nitrogens with zero attached hydrogens (tertiary/aromatic N) is 3. The second-order valence-electron chi connectivity index (χ2n) is 5.96. The first-order valence-electron chi connectivity index (χ1n) is 8.39. The topological polar surface area (TPSA) is 90.8 Å². The summed E-state index contributed by atoms with van der Waals surface area (Å²) >= 11 is 0. The molecule has 1 aromatic heterocycles. The maximum Gasteiger partial charge on any atom is 0.354 e. The van der Waals surface area contributed by atoms with E-state index in [1.807, 2.05) is 30.3 Å². The van der Waals surface area contributed by atoms with Gasteiger partial charge in [-0.05, 0) is 37.6 Å². The van der Waals surface area contributed by atoms with Gasteiger partial charge in [0.25, 0.3) is 5.91 Å². The van der Waals surface area contributed by atoms with Gasteiger partial charge < -0.3 is 14.9 Å². The molecule has 1 aromatic carbocycles. The van der Waals surface area contributed by atoms with Gasteiger partial charge in [0.05, 0.1) is 0 Å². The number of benzene rings is 1. The van der Waals surface area contributed by atoms with E-state index in [0.717, 1.165) is 5.69 Å². The van der Waals surface area contributed by atoms with Gasteiger partial charge in [-0.25, -0.2) is 9.78 Å². The minimum atomic E-state index is -1.20. The van der Waals surface area contributed by atoms with Crippen LogP contribution in [0.4, 0.5) is 5.69 Å². The van der Waals surface area contributed by atoms with Crippen LogP contribution < -0.4 is 4.90 Å². The lowest BCUT2D eigenvalue weighted by Crippen LogP contribution is -2.45. The van der Waals surface area contributed by atoms with E-state index in [4.69, 9.17) is 5.11 Å². The quantitative estimate of drug-likeness (QED) is 0.888. The fourth-order valence-corrected chi connectivity index (χ4v) is 3.17. The number of carboxylic acids is 1. The van der Waals surface area contributed by atoms with Crippen molar-refractivity contribution >= 4 is 23.5 Å². The lowest BCUT2D eigenvalue weighted by molar-refractivity contribution is -0.120. The fraction of sp³-hybridized carbons (Fsp3) is 0.263. The van der Waals surface area contributed by atoms with Crippen molar-refractivity contribution in [2.24, 2.45) is 0 Å². The highest BCUT2D eigenvalue weighted by molar-refractivity contribution is 6.04. The molecule has 1 N–H and O–H groups in total. The molecule has 7 heteroatoms. The molecule has 26 heavy (non-hydrogen) atoms. The Morgan fingerprint density at radius 2 is 2.00 bits per heavy atom. The molecule has 2 heterocycles. The minimum absolute atomic E-state index is 0.126. The number of aromatic nitrogens is 1. The highest BCUT2D eigenvalue weighted by Gasteiger charge is 2.38. The molecule has 0 saturated carbocycles. The fourth-order valence-electron chi connectivity index (χ4n) is 3.17. The summed E-state index contributed by atoms with van der Waals surface area (Å²) in [5, 5.41) is 9.05. The number of carbonyl (C=O) groups is 3. The first-order valence-corrected chi connectivity index (χ1v) is 8.39. The van der Waals surface area contributed by atoms with Gasteiger partial charge in [0, 0.05) is 30.5 Å². The molecule has 0 aliphatic carbocycles. The first kappa shape index (κ1) is 17.6. The Balaban J connectivity index is 1.83. The molecule has 1 aliphatic rings. The number of amides is 2. The number of hydrogen-bond donors (Lipinski definition) is 1. The lowest BCUT2D eigenvalue weighted by atomic mass is 10.1. The number of likely N-dealkylation sites (N-methyl/N-ethyl adjacent to an activating group) is 1. The Labute approximate surface area is 150 Å². The number of carbonyl (C=O) groups excluding carboxylic acids is 2. The normalized spacial score (nSPS) is 16.6. The molecule has 1 saturated heterocycles. The molecule has 134 valence electrons. The van der Waals surface area contributed by atoms with E-state index < -0.39 is 12.0 Å². The van der Waals surface area contributed by atoms with Crippen LogP contribution in [0.2, 0.25) is 0 Å². The highest BCUT2D eigenvalue weighted by atomic mass is 16.4. The molecular formula is C19H19N3O4. The maximum absolute atomic E-state index is 12.9. The van der Waals surface area contributed by atoms with Crippen LogP contribution >= 0.6 is 0 Å². The summed E-state index contributed by atoms with van der Waals surface area (Å²) in [6.07, 6.45) is 1.82. The van der Waals surface area contributed by atoms with Crippen LogP contribution in [0.1, 0.15) is 34.2 Å². The number of rotatable bonds is 5. The van der Waals surface area contributed by atoms with E-state index in [-0.39, 0.29) is 23.1 Å². The molecule has 1 fully saturated rings. The Bertz CT molecular complexity index is 838. The van der Waals surface area contributed by atoms with Gasteiger partial charge in [-0.15, -0.1) is 0 Å². The first-order chi connectivity index (χ1) is 12.5. The summed E-state index contributed by atoms with van der Waals surface area (Å²) < 4.78 is 0. The van der Waals surface area contributed by atoms with Gasteiger partial charge in [0.2, 0.25) is 5.91 Å². The summed E-state index contributed by atoms with van der Waals surface area (Å²) in [7, 11) is 0. The van der Waals surface area contributed by atoms with E-state index in [1.165, 1.54) is 23.2 Å². The minimum Gasteiger partial charge on any atom is -0.477 e. The van der Waals surface area contributed by atoms with Crippen LogP contribution in [0.3, 0.4) is 0 Å². The molecule has 1 unspecified atom stereocenters. The molecule has 0 bridgehead atoms. The number of pyridine rings is 1. The zero-order chi connectivity index (χ0) is 18.7. The third-order valence-electron chi connectivity index (χ3n) is 4.45. The van der Waals surface area contributed by atoms with Crippen molar-refractivity contribution in [3.05, 3.63) is 59.9 Å². The molecular weight excluding hydrogens is 334 g/mol. The summed E-state index contributed by atoms with van der Waals surface area (Å²) in [5.74, 6) is -1.69. The molecule has 7 nitrogen and oxygen atoms in total. The van der Waals surface area contributed by atoms with Crippen LogP contribution in [-0.2, 0) is 4.79 Å². The van der Waals surface area contributed by atoms with Crippen molar-refractivity contribution in [3.63, 3.8) is 0 Å². The number of aromatic carboxylic acids is 1. The lowest BCUT2D eigenvalue weighted by Gasteiger charge is -2.27. The van der Waals surface area contributed by atoms with Crippen LogP contribution in [0, 0.1) is 0 Å². The average molecular weight is 353 g/mol. The summed E-state index contributed by atoms with van der Waals surface area (Å²) in [6.45, 7) is 2.69. The van der Waals surface area contributed by atoms with Gasteiger partial charge in [-0.2, -0.15) is 0 Å². The van der Waals surface area contributed by atoms with Crippen molar-refractivity contribution in [3.8, 4) is 0 Å². The van der Waals surface area contributed by atoms with E-state index >= 15 is 0 Å². The third kappa shape index (κ3) is 3.28. The third-order valence-corrected chi connectivity index (χ3v) is 4.45. The number of anilines is 1. The van der Waals surface area contributed by atoms with Gasteiger partial charge in [-0.1, -0.05) is 18.2 Å². The molecule has 2 amide bonds. The molecule has 1 aliphatic heterocycles. The molecule has 2 aromatic rings. The van der Waals surface area contributed by atoms with Crippen LogP contribution in [0.15, 0.2) is 48.7 Å². The number of carboxylic acid groups (broad SMARTS) is 1. The van der Waals surface area contributed by atoms with Gasteiger partial charge >= 0.3 is 5.97 Å². The van der Waals surface area contributed by atoms with Crippen LogP contribution in [0.25, 0.3) is 0 Å². The van der Waals surface area contributed by atoms with Crippen molar-refractivity contribution in [1.82, 2.24) is 9.88 Å².